The molecule has 0 saturated heterocycles. The molecule has 0 radical (unpaired) electrons. The normalized spacial score (nSPS) is 12.7. The van der Waals surface area contributed by atoms with Crippen LogP contribution in [0, 0.1) is 0 Å². The molecule has 0 aliphatic rings. The molecule has 2 aromatic rings. The lowest BCUT2D eigenvalue weighted by Gasteiger charge is -2.08. The number of hydrogen-bond donors (Lipinski definition) is 0. The van der Waals surface area contributed by atoms with Crippen molar-refractivity contribution in [1.82, 2.24) is 0 Å². The number of halogens is 2. The molecule has 0 spiro atoms. The molecule has 0 fully saturated rings. The Balaban J connectivity index is 2.08. The highest BCUT2D eigenvalue weighted by molar-refractivity contribution is 9.10. The number of benzene rings is 1. The van der Waals surface area contributed by atoms with Crippen molar-refractivity contribution in [2.24, 2.45) is 0 Å². The van der Waals surface area contributed by atoms with Crippen molar-refractivity contribution >= 4 is 43.2 Å². The van der Waals surface area contributed by atoms with E-state index in [-0.39, 0.29) is 0 Å². The summed E-state index contributed by atoms with van der Waals surface area (Å²) in [6, 6.07) is 12.7. The third kappa shape index (κ3) is 3.16. The van der Waals surface area contributed by atoms with Crippen molar-refractivity contribution in [2.75, 3.05) is 0 Å². The van der Waals surface area contributed by atoms with E-state index < -0.39 is 0 Å². The van der Waals surface area contributed by atoms with E-state index >= 15 is 0 Å². The first kappa shape index (κ1) is 11.4. The Morgan fingerprint density at radius 2 is 1.87 bits per heavy atom. The summed E-state index contributed by atoms with van der Waals surface area (Å²) in [6.07, 6.45) is 1.05. The number of rotatable bonds is 3. The Morgan fingerprint density at radius 1 is 1.13 bits per heavy atom. The van der Waals surface area contributed by atoms with Crippen LogP contribution in [0.5, 0.6) is 0 Å². The van der Waals surface area contributed by atoms with E-state index in [9.17, 15) is 0 Å². The van der Waals surface area contributed by atoms with Crippen molar-refractivity contribution < 1.29 is 0 Å². The van der Waals surface area contributed by atoms with Crippen molar-refractivity contribution in [3.8, 4) is 0 Å². The highest BCUT2D eigenvalue weighted by atomic mass is 79.9. The molecule has 0 aliphatic heterocycles. The predicted octanol–water partition coefficient (Wildman–Crippen LogP) is 5.19. The topological polar surface area (TPSA) is 0 Å². The molecule has 0 nitrogen and oxygen atoms in total. The fourth-order valence-electron chi connectivity index (χ4n) is 1.39. The first-order chi connectivity index (χ1) is 7.25. The van der Waals surface area contributed by atoms with Crippen LogP contribution in [0.15, 0.2) is 46.3 Å². The monoisotopic (exact) mass is 344 g/mol. The van der Waals surface area contributed by atoms with E-state index in [1.807, 2.05) is 11.3 Å². The van der Waals surface area contributed by atoms with E-state index in [4.69, 9.17) is 0 Å². The zero-order valence-electron chi connectivity index (χ0n) is 7.99. The molecule has 1 atom stereocenters. The zero-order valence-corrected chi connectivity index (χ0v) is 12.0. The van der Waals surface area contributed by atoms with Gasteiger partial charge in [0.15, 0.2) is 0 Å². The van der Waals surface area contributed by atoms with Crippen molar-refractivity contribution in [3.05, 3.63) is 56.7 Å². The Kier molecular flexibility index (Phi) is 4.00. The Bertz CT molecular complexity index is 406. The maximum Gasteiger partial charge on any atom is 0.0443 e. The van der Waals surface area contributed by atoms with Crippen LogP contribution < -0.4 is 0 Å². The summed E-state index contributed by atoms with van der Waals surface area (Å²) < 4.78 is 1.13. The van der Waals surface area contributed by atoms with Crippen LogP contribution in [0.4, 0.5) is 0 Å². The van der Waals surface area contributed by atoms with Crippen LogP contribution in [-0.4, -0.2) is 0 Å². The summed E-state index contributed by atoms with van der Waals surface area (Å²) >= 11 is 8.98. The number of alkyl halides is 1. The van der Waals surface area contributed by atoms with Gasteiger partial charge >= 0.3 is 0 Å². The van der Waals surface area contributed by atoms with Crippen molar-refractivity contribution in [2.45, 2.75) is 11.2 Å². The van der Waals surface area contributed by atoms with Crippen LogP contribution in [0.3, 0.4) is 0 Å². The Morgan fingerprint density at radius 3 is 2.47 bits per heavy atom. The molecular formula is C12H10Br2S. The first-order valence-electron chi connectivity index (χ1n) is 4.67. The summed E-state index contributed by atoms with van der Waals surface area (Å²) in [4.78, 5) is 1.82. The van der Waals surface area contributed by atoms with Gasteiger partial charge in [-0.05, 0) is 35.6 Å². The summed E-state index contributed by atoms with van der Waals surface area (Å²) in [5, 5.41) is 2.12. The molecule has 1 aromatic carbocycles. The van der Waals surface area contributed by atoms with Gasteiger partial charge in [-0.25, -0.2) is 0 Å². The van der Waals surface area contributed by atoms with Crippen molar-refractivity contribution in [1.29, 1.82) is 0 Å². The fourth-order valence-corrected chi connectivity index (χ4v) is 3.28. The van der Waals surface area contributed by atoms with E-state index in [0.29, 0.717) is 4.83 Å². The molecule has 78 valence electrons. The number of thiophene rings is 1. The molecule has 1 aromatic heterocycles. The summed E-state index contributed by atoms with van der Waals surface area (Å²) in [5.74, 6) is 0. The standard InChI is InChI=1S/C12H10Br2S/c13-10-5-3-9(4-6-10)12(14)8-11-2-1-7-15-11/h1-7,12H,8H2. The van der Waals surface area contributed by atoms with Gasteiger partial charge in [-0.2, -0.15) is 0 Å². The van der Waals surface area contributed by atoms with Gasteiger partial charge in [0.1, 0.15) is 0 Å². The molecule has 2 rings (SSSR count). The van der Waals surface area contributed by atoms with Crippen LogP contribution in [0.1, 0.15) is 15.3 Å². The lowest BCUT2D eigenvalue weighted by molar-refractivity contribution is 0.968. The van der Waals surface area contributed by atoms with Crippen molar-refractivity contribution in [3.63, 3.8) is 0 Å². The average molecular weight is 346 g/mol. The van der Waals surface area contributed by atoms with Gasteiger partial charge in [0.2, 0.25) is 0 Å². The molecule has 0 amide bonds. The first-order valence-corrected chi connectivity index (χ1v) is 7.26. The molecule has 0 saturated carbocycles. The highest BCUT2D eigenvalue weighted by Gasteiger charge is 2.08. The van der Waals surface area contributed by atoms with E-state index in [1.54, 1.807) is 0 Å². The molecule has 1 unspecified atom stereocenters. The van der Waals surface area contributed by atoms with Gasteiger partial charge in [0.05, 0.1) is 0 Å². The minimum atomic E-state index is 0.407. The van der Waals surface area contributed by atoms with Gasteiger partial charge < -0.3 is 0 Å². The van der Waals surface area contributed by atoms with Crippen LogP contribution in [0.25, 0.3) is 0 Å². The molecule has 3 heteroatoms. The van der Waals surface area contributed by atoms with Gasteiger partial charge in [0, 0.05) is 14.2 Å². The molecule has 0 bridgehead atoms. The largest absolute Gasteiger partial charge is 0.149 e. The van der Waals surface area contributed by atoms with E-state index in [0.717, 1.165) is 10.9 Å². The molecule has 15 heavy (non-hydrogen) atoms. The number of hydrogen-bond acceptors (Lipinski definition) is 1. The maximum atomic E-state index is 3.72. The summed E-state index contributed by atoms with van der Waals surface area (Å²) in [7, 11) is 0. The summed E-state index contributed by atoms with van der Waals surface area (Å²) in [6.45, 7) is 0. The second kappa shape index (κ2) is 5.28. The quantitative estimate of drug-likeness (QED) is 0.671. The Hall–Kier alpha value is -0.120. The van der Waals surface area contributed by atoms with Gasteiger partial charge in [-0.1, -0.05) is 50.1 Å². The van der Waals surface area contributed by atoms with Crippen LogP contribution in [0.2, 0.25) is 0 Å². The summed E-state index contributed by atoms with van der Waals surface area (Å²) in [5.41, 5.74) is 1.33. The predicted molar refractivity (Wildman–Crippen MR) is 73.8 cm³/mol. The lowest BCUT2D eigenvalue weighted by Crippen LogP contribution is -1.92. The second-order valence-electron chi connectivity index (χ2n) is 3.30. The zero-order chi connectivity index (χ0) is 10.7. The molecule has 1 heterocycles. The van der Waals surface area contributed by atoms with Gasteiger partial charge in [0.25, 0.3) is 0 Å². The highest BCUT2D eigenvalue weighted by Crippen LogP contribution is 2.29. The third-order valence-electron chi connectivity index (χ3n) is 2.19. The van der Waals surface area contributed by atoms with Crippen LogP contribution >= 0.6 is 43.2 Å². The molecular weight excluding hydrogens is 336 g/mol. The second-order valence-corrected chi connectivity index (χ2v) is 6.36. The SMILES string of the molecule is Brc1ccc(C(Br)Cc2cccs2)cc1. The molecule has 0 aliphatic carbocycles. The minimum Gasteiger partial charge on any atom is -0.149 e. The van der Waals surface area contributed by atoms with Gasteiger partial charge in [-0.3, -0.25) is 0 Å². The lowest BCUT2D eigenvalue weighted by atomic mass is 10.1. The maximum absolute atomic E-state index is 3.72. The third-order valence-corrected chi connectivity index (χ3v) is 4.47. The fraction of sp³-hybridized carbons (Fsp3) is 0.167. The molecule has 0 N–H and O–H groups in total. The van der Waals surface area contributed by atoms with E-state index in [2.05, 4.69) is 73.6 Å². The Labute approximate surface area is 111 Å². The van der Waals surface area contributed by atoms with Crippen LogP contribution in [-0.2, 0) is 6.42 Å². The average Bonchev–Trinajstić information content (AvgIpc) is 2.71. The van der Waals surface area contributed by atoms with E-state index in [1.165, 1.54) is 10.4 Å². The smallest absolute Gasteiger partial charge is 0.0443 e. The minimum absolute atomic E-state index is 0.407. The van der Waals surface area contributed by atoms with Gasteiger partial charge in [-0.15, -0.1) is 11.3 Å².